The van der Waals surface area contributed by atoms with Crippen LogP contribution in [0.2, 0.25) is 0 Å². The number of allylic oxidation sites excluding steroid dienone is 1. The maximum absolute atomic E-state index is 12.2. The van der Waals surface area contributed by atoms with Gasteiger partial charge in [-0.1, -0.05) is 35.9 Å². The van der Waals surface area contributed by atoms with Gasteiger partial charge in [0.25, 0.3) is 0 Å². The number of aromatic nitrogens is 2. The fourth-order valence-electron chi connectivity index (χ4n) is 2.19. The molecule has 0 radical (unpaired) electrons. The Hall–Kier alpha value is -3.09. The molecule has 0 fully saturated rings. The molecule has 1 aromatic carbocycles. The molecule has 7 nitrogen and oxygen atoms in total. The number of nitrogens with zero attached hydrogens (tertiary/aromatic N) is 2. The zero-order chi connectivity index (χ0) is 18.9. The van der Waals surface area contributed by atoms with E-state index < -0.39 is 18.9 Å². The number of ether oxygens (including phenoxy) is 3. The predicted octanol–water partition coefficient (Wildman–Crippen LogP) is 3.73. The van der Waals surface area contributed by atoms with Crippen LogP contribution in [0.25, 0.3) is 0 Å². The topological polar surface area (TPSA) is 79.7 Å². The number of hydrogen-bond donors (Lipinski definition) is 0. The summed E-state index contributed by atoms with van der Waals surface area (Å²) in [6.07, 6.45) is 3.80. The fourth-order valence-corrected chi connectivity index (χ4v) is 2.19. The molecule has 0 saturated carbocycles. The van der Waals surface area contributed by atoms with Gasteiger partial charge in [-0.05, 0) is 32.4 Å². The van der Waals surface area contributed by atoms with Crippen LogP contribution >= 0.6 is 0 Å². The number of esters is 1. The first-order chi connectivity index (χ1) is 12.5. The average molecular weight is 358 g/mol. The quantitative estimate of drug-likeness (QED) is 0.426. The van der Waals surface area contributed by atoms with Crippen LogP contribution in [0.3, 0.4) is 0 Å². The van der Waals surface area contributed by atoms with Crippen molar-refractivity contribution in [1.29, 1.82) is 0 Å². The molecule has 7 heteroatoms. The highest BCUT2D eigenvalue weighted by Crippen LogP contribution is 2.19. The Labute approximate surface area is 152 Å². The Morgan fingerprint density at radius 2 is 1.88 bits per heavy atom. The molecule has 0 aliphatic rings. The van der Waals surface area contributed by atoms with Gasteiger partial charge in [0.05, 0.1) is 18.6 Å². The third kappa shape index (κ3) is 5.47. The maximum Gasteiger partial charge on any atom is 0.511 e. The van der Waals surface area contributed by atoms with Gasteiger partial charge >= 0.3 is 12.1 Å². The smallest absolute Gasteiger partial charge is 0.430 e. The lowest BCUT2D eigenvalue weighted by atomic mass is 10.1. The molecule has 138 valence electrons. The van der Waals surface area contributed by atoms with Crippen molar-refractivity contribution in [2.24, 2.45) is 0 Å². The summed E-state index contributed by atoms with van der Waals surface area (Å²) in [6.45, 7) is 5.30. The van der Waals surface area contributed by atoms with Crippen LogP contribution in [0, 0.1) is 0 Å². The zero-order valence-electron chi connectivity index (χ0n) is 15.0. The van der Waals surface area contributed by atoms with E-state index in [-0.39, 0.29) is 18.3 Å². The van der Waals surface area contributed by atoms with Gasteiger partial charge in [0.1, 0.15) is 12.3 Å². The molecule has 0 amide bonds. The molecule has 0 spiro atoms. The Bertz CT molecular complexity index is 763. The summed E-state index contributed by atoms with van der Waals surface area (Å²) in [7, 11) is 0. The zero-order valence-corrected chi connectivity index (χ0v) is 15.0. The molecule has 1 heterocycles. The van der Waals surface area contributed by atoms with E-state index in [9.17, 15) is 9.59 Å². The molecule has 0 unspecified atom stereocenters. The predicted molar refractivity (Wildman–Crippen MR) is 94.6 cm³/mol. The van der Waals surface area contributed by atoms with Crippen LogP contribution in [-0.2, 0) is 14.2 Å². The summed E-state index contributed by atoms with van der Waals surface area (Å²) in [5.41, 5.74) is 2.31. The van der Waals surface area contributed by atoms with Gasteiger partial charge in [-0.3, -0.25) is 0 Å². The van der Waals surface area contributed by atoms with Gasteiger partial charge in [0.2, 0.25) is 6.79 Å². The molecule has 0 N–H and O–H groups in total. The van der Waals surface area contributed by atoms with Crippen LogP contribution in [0.5, 0.6) is 0 Å². The average Bonchev–Trinajstić information content (AvgIpc) is 3.11. The molecular formula is C19H22N2O5. The van der Waals surface area contributed by atoms with E-state index in [1.54, 1.807) is 17.0 Å². The summed E-state index contributed by atoms with van der Waals surface area (Å²) in [5, 5.41) is 0. The Morgan fingerprint density at radius 1 is 1.15 bits per heavy atom. The molecule has 0 bridgehead atoms. The van der Waals surface area contributed by atoms with Crippen molar-refractivity contribution in [3.05, 3.63) is 65.8 Å². The third-order valence-electron chi connectivity index (χ3n) is 3.63. The molecule has 0 aliphatic heterocycles. The van der Waals surface area contributed by atoms with Gasteiger partial charge in [0.15, 0.2) is 0 Å². The third-order valence-corrected chi connectivity index (χ3v) is 3.63. The second-order valence-electron chi connectivity index (χ2n) is 5.81. The van der Waals surface area contributed by atoms with E-state index in [1.807, 2.05) is 51.1 Å². The number of hydrogen-bond acceptors (Lipinski definition) is 6. The molecule has 2 aromatic rings. The lowest BCUT2D eigenvalue weighted by Gasteiger charge is -2.16. The van der Waals surface area contributed by atoms with Crippen molar-refractivity contribution in [3.8, 4) is 0 Å². The lowest BCUT2D eigenvalue weighted by molar-refractivity contribution is -0.0256. The second kappa shape index (κ2) is 9.41. The lowest BCUT2D eigenvalue weighted by Crippen LogP contribution is -2.18. The summed E-state index contributed by atoms with van der Waals surface area (Å²) >= 11 is 0. The number of benzene rings is 1. The van der Waals surface area contributed by atoms with Crippen molar-refractivity contribution < 1.29 is 23.8 Å². The van der Waals surface area contributed by atoms with Crippen molar-refractivity contribution in [3.63, 3.8) is 0 Å². The van der Waals surface area contributed by atoms with Crippen molar-refractivity contribution >= 4 is 12.1 Å². The van der Waals surface area contributed by atoms with Gasteiger partial charge in [-0.15, -0.1) is 0 Å². The van der Waals surface area contributed by atoms with E-state index in [1.165, 1.54) is 6.20 Å². The highest BCUT2D eigenvalue weighted by Gasteiger charge is 2.18. The molecule has 26 heavy (non-hydrogen) atoms. The highest BCUT2D eigenvalue weighted by atomic mass is 16.8. The molecule has 0 saturated heterocycles. The van der Waals surface area contributed by atoms with Gasteiger partial charge in [0, 0.05) is 0 Å². The molecular weight excluding hydrogens is 336 g/mol. The second-order valence-corrected chi connectivity index (χ2v) is 5.81. The standard InChI is InChI=1S/C19H22N2O5/c1-14(2)9-10-24-19(23)26-13-25-18(22)17-11-20-12-21(17)15(3)16-7-5-4-6-8-16/h4-9,11-12,15H,10,13H2,1-3H3/t15-/m1/s1. The number of carbonyl (C=O) groups excluding carboxylic acids is 2. The van der Waals surface area contributed by atoms with E-state index in [0.29, 0.717) is 0 Å². The minimum atomic E-state index is -0.901. The normalized spacial score (nSPS) is 11.3. The maximum atomic E-state index is 12.2. The van der Waals surface area contributed by atoms with Crippen molar-refractivity contribution in [2.75, 3.05) is 13.4 Å². The summed E-state index contributed by atoms with van der Waals surface area (Å²) in [4.78, 5) is 27.6. The Kier molecular flexibility index (Phi) is 6.96. The van der Waals surface area contributed by atoms with Crippen LogP contribution in [0.4, 0.5) is 4.79 Å². The van der Waals surface area contributed by atoms with Crippen molar-refractivity contribution in [1.82, 2.24) is 9.55 Å². The largest absolute Gasteiger partial charge is 0.511 e. The van der Waals surface area contributed by atoms with E-state index >= 15 is 0 Å². The molecule has 2 rings (SSSR count). The summed E-state index contributed by atoms with van der Waals surface area (Å²) < 4.78 is 16.2. The minimum absolute atomic E-state index is 0.101. The Morgan fingerprint density at radius 3 is 2.58 bits per heavy atom. The van der Waals surface area contributed by atoms with E-state index in [2.05, 4.69) is 4.98 Å². The van der Waals surface area contributed by atoms with Crippen LogP contribution in [0.1, 0.15) is 42.9 Å². The molecule has 1 atom stereocenters. The van der Waals surface area contributed by atoms with Gasteiger partial charge in [-0.2, -0.15) is 0 Å². The highest BCUT2D eigenvalue weighted by molar-refractivity contribution is 5.87. The summed E-state index contributed by atoms with van der Waals surface area (Å²) in [5.74, 6) is -0.637. The molecule has 0 aliphatic carbocycles. The SMILES string of the molecule is CC(C)=CCOC(=O)OCOC(=O)c1cncn1[C@H](C)c1ccccc1. The summed E-state index contributed by atoms with van der Waals surface area (Å²) in [6, 6.07) is 9.60. The number of rotatable bonds is 7. The first kappa shape index (κ1) is 19.2. The van der Waals surface area contributed by atoms with Crippen LogP contribution < -0.4 is 0 Å². The first-order valence-corrected chi connectivity index (χ1v) is 8.16. The van der Waals surface area contributed by atoms with Crippen LogP contribution in [0.15, 0.2) is 54.5 Å². The Balaban J connectivity index is 1.88. The van der Waals surface area contributed by atoms with Crippen molar-refractivity contribution in [2.45, 2.75) is 26.8 Å². The number of imidazole rings is 1. The van der Waals surface area contributed by atoms with Gasteiger partial charge < -0.3 is 18.8 Å². The van der Waals surface area contributed by atoms with E-state index in [0.717, 1.165) is 11.1 Å². The van der Waals surface area contributed by atoms with E-state index in [4.69, 9.17) is 14.2 Å². The number of carbonyl (C=O) groups is 2. The minimum Gasteiger partial charge on any atom is -0.430 e. The molecule has 1 aromatic heterocycles. The van der Waals surface area contributed by atoms with Gasteiger partial charge in [-0.25, -0.2) is 14.6 Å². The first-order valence-electron chi connectivity index (χ1n) is 8.16. The fraction of sp³-hybridized carbons (Fsp3) is 0.316. The monoisotopic (exact) mass is 358 g/mol. The van der Waals surface area contributed by atoms with Crippen LogP contribution in [-0.4, -0.2) is 35.1 Å².